The van der Waals surface area contributed by atoms with Crippen molar-refractivity contribution in [1.82, 2.24) is 9.55 Å². The van der Waals surface area contributed by atoms with Crippen molar-refractivity contribution in [2.75, 3.05) is 0 Å². The largest absolute Gasteiger partial charge is 0.478 e. The zero-order valence-electron chi connectivity index (χ0n) is 23.1. The average molecular weight is 620 g/mol. The molecule has 0 saturated heterocycles. The van der Waals surface area contributed by atoms with Gasteiger partial charge in [0.1, 0.15) is 5.83 Å². The Bertz CT molecular complexity index is 1570. The van der Waals surface area contributed by atoms with Crippen LogP contribution in [-0.2, 0) is 16.0 Å². The number of ether oxygens (including phenoxy) is 1. The van der Waals surface area contributed by atoms with Crippen LogP contribution in [0.5, 0.6) is 5.75 Å². The van der Waals surface area contributed by atoms with Crippen molar-refractivity contribution in [2.24, 2.45) is 5.92 Å². The fourth-order valence-electron chi connectivity index (χ4n) is 4.43. The van der Waals surface area contributed by atoms with Gasteiger partial charge in [0.25, 0.3) is 0 Å². The molecule has 0 radical (unpaired) electrons. The topological polar surface area (TPSA) is 64.3 Å². The summed E-state index contributed by atoms with van der Waals surface area (Å²) >= 11 is 13.9. The van der Waals surface area contributed by atoms with Gasteiger partial charge in [-0.1, -0.05) is 67.5 Å². The second kappa shape index (κ2) is 12.0. The summed E-state index contributed by atoms with van der Waals surface area (Å²) in [6.45, 7) is 11.0. The van der Waals surface area contributed by atoms with Crippen molar-refractivity contribution in [1.29, 1.82) is 0 Å². The summed E-state index contributed by atoms with van der Waals surface area (Å²) in [6, 6.07) is 9.71. The van der Waals surface area contributed by atoms with E-state index in [0.717, 1.165) is 11.3 Å². The first-order valence-corrected chi connectivity index (χ1v) is 14.6. The van der Waals surface area contributed by atoms with Crippen LogP contribution in [0.4, 0.5) is 8.78 Å². The maximum Gasteiger partial charge on any atom is 0.348 e. The van der Waals surface area contributed by atoms with E-state index in [4.69, 9.17) is 27.9 Å². The second-order valence-corrected chi connectivity index (χ2v) is 12.3. The molecule has 2 heterocycles. The molecule has 1 aliphatic rings. The molecule has 0 fully saturated rings. The summed E-state index contributed by atoms with van der Waals surface area (Å²) in [5, 5.41) is 11.1. The third-order valence-electron chi connectivity index (χ3n) is 7.49. The number of aliphatic carboxylic acids is 1. The van der Waals surface area contributed by atoms with Crippen molar-refractivity contribution in [3.05, 3.63) is 106 Å². The van der Waals surface area contributed by atoms with Crippen molar-refractivity contribution >= 4 is 46.6 Å². The number of carboxylic acid groups (broad SMARTS) is 1. The number of hydrogen-bond donors (Lipinski definition) is 1. The van der Waals surface area contributed by atoms with Gasteiger partial charge in [0.05, 0.1) is 21.9 Å². The lowest BCUT2D eigenvalue weighted by molar-refractivity contribution is -0.157. The Morgan fingerprint density at radius 2 is 1.95 bits per heavy atom. The van der Waals surface area contributed by atoms with Crippen LogP contribution in [0.2, 0.25) is 10.0 Å². The van der Waals surface area contributed by atoms with E-state index in [2.05, 4.69) is 11.6 Å². The Labute approximate surface area is 252 Å². The number of hydrogen-bond acceptors (Lipinski definition) is 4. The highest BCUT2D eigenvalue weighted by Gasteiger charge is 2.40. The van der Waals surface area contributed by atoms with Gasteiger partial charge in [-0.05, 0) is 73.9 Å². The molecule has 4 rings (SSSR count). The fraction of sp³-hybridized carbons (Fsp3) is 0.290. The molecule has 3 aromatic rings. The zero-order valence-corrected chi connectivity index (χ0v) is 25.4. The Hall–Kier alpha value is -3.07. The lowest BCUT2D eigenvalue weighted by atomic mass is 9.76. The van der Waals surface area contributed by atoms with E-state index in [9.17, 15) is 18.7 Å². The van der Waals surface area contributed by atoms with Crippen molar-refractivity contribution in [3.63, 3.8) is 0 Å². The van der Waals surface area contributed by atoms with Crippen LogP contribution < -0.4 is 4.74 Å². The Kier molecular flexibility index (Phi) is 9.07. The van der Waals surface area contributed by atoms with Gasteiger partial charge in [0, 0.05) is 22.8 Å². The molecule has 0 spiro atoms. The number of thioether (sulfide) groups is 1. The number of imidazole rings is 1. The molecule has 2 atom stereocenters. The highest BCUT2D eigenvalue weighted by atomic mass is 35.5. The molecule has 0 amide bonds. The Balaban J connectivity index is 1.70. The summed E-state index contributed by atoms with van der Waals surface area (Å²) in [6.07, 6.45) is 6.52. The van der Waals surface area contributed by atoms with Gasteiger partial charge in [-0.15, -0.1) is 0 Å². The number of aromatic nitrogens is 2. The summed E-state index contributed by atoms with van der Waals surface area (Å²) in [5.74, 6) is -2.41. The average Bonchev–Trinajstić information content (AvgIpc) is 3.37. The van der Waals surface area contributed by atoms with E-state index in [1.165, 1.54) is 43.0 Å². The minimum absolute atomic E-state index is 0.141. The van der Waals surface area contributed by atoms with Gasteiger partial charge >= 0.3 is 5.97 Å². The fourth-order valence-corrected chi connectivity index (χ4v) is 5.68. The molecule has 0 aliphatic carbocycles. The van der Waals surface area contributed by atoms with Crippen molar-refractivity contribution in [2.45, 2.75) is 56.0 Å². The number of halogens is 4. The van der Waals surface area contributed by atoms with Crippen LogP contribution in [0.25, 0.3) is 5.70 Å². The molecule has 216 valence electrons. The molecule has 41 heavy (non-hydrogen) atoms. The Morgan fingerprint density at radius 1 is 1.22 bits per heavy atom. The molecule has 10 heteroatoms. The maximum absolute atomic E-state index is 14.7. The number of rotatable bonds is 8. The van der Waals surface area contributed by atoms with Gasteiger partial charge in [0.2, 0.25) is 5.60 Å². The smallest absolute Gasteiger partial charge is 0.348 e. The molecule has 5 nitrogen and oxygen atoms in total. The SMILES string of the molecule is C=C1C=CC(F)=CCC(C)(c2ccc(Cl)c(Cl)c2)c2cnc(SCc3ccc(F)c(OC(C)(C(=O)O)C(C)C)c3)n21. The number of carboxylic acids is 1. The molecule has 2 unspecified atom stereocenters. The minimum Gasteiger partial charge on any atom is -0.478 e. The monoisotopic (exact) mass is 618 g/mol. The molecule has 1 aliphatic heterocycles. The van der Waals surface area contributed by atoms with E-state index in [-0.39, 0.29) is 11.6 Å². The van der Waals surface area contributed by atoms with Crippen LogP contribution >= 0.6 is 35.0 Å². The molecule has 0 saturated carbocycles. The lowest BCUT2D eigenvalue weighted by Gasteiger charge is -2.31. The number of fused-ring (bicyclic) bond motifs is 1. The van der Waals surface area contributed by atoms with Crippen molar-refractivity contribution < 1.29 is 23.4 Å². The highest BCUT2D eigenvalue weighted by Crippen LogP contribution is 2.42. The zero-order chi connectivity index (χ0) is 30.1. The number of carbonyl (C=O) groups is 1. The molecule has 1 aromatic heterocycles. The predicted octanol–water partition coefficient (Wildman–Crippen LogP) is 9.09. The van der Waals surface area contributed by atoms with E-state index in [0.29, 0.717) is 38.6 Å². The third-order valence-corrected chi connectivity index (χ3v) is 9.25. The number of allylic oxidation sites excluding steroid dienone is 5. The van der Waals surface area contributed by atoms with Crippen LogP contribution in [0.15, 0.2) is 78.4 Å². The van der Waals surface area contributed by atoms with E-state index >= 15 is 0 Å². The van der Waals surface area contributed by atoms with Crippen LogP contribution in [0.3, 0.4) is 0 Å². The second-order valence-electron chi connectivity index (χ2n) is 10.6. The summed E-state index contributed by atoms with van der Waals surface area (Å²) in [4.78, 5) is 16.6. The summed E-state index contributed by atoms with van der Waals surface area (Å²) in [7, 11) is 0. The summed E-state index contributed by atoms with van der Waals surface area (Å²) < 4.78 is 36.9. The molecular formula is C31H30Cl2F2N2O3S. The van der Waals surface area contributed by atoms with Crippen molar-refractivity contribution in [3.8, 4) is 5.75 Å². The van der Waals surface area contributed by atoms with Gasteiger partial charge in [0.15, 0.2) is 16.7 Å². The van der Waals surface area contributed by atoms with E-state index < -0.39 is 28.7 Å². The number of nitrogens with zero attached hydrogens (tertiary/aromatic N) is 2. The van der Waals surface area contributed by atoms with Gasteiger partial charge in [-0.2, -0.15) is 0 Å². The van der Waals surface area contributed by atoms with Crippen LogP contribution in [-0.4, -0.2) is 26.2 Å². The normalized spacial score (nSPS) is 18.7. The maximum atomic E-state index is 14.7. The minimum atomic E-state index is -1.60. The standard InChI is InChI=1S/C31H30Cl2F2N2O3S/c1-18(2)31(5,28(38)39)40-26-14-20(7-11-25(26)35)17-41-29-36-16-27-30(4,21-8-10-23(32)24(33)15-21)13-12-22(34)9-6-19(3)37(27)29/h6-12,14-16,18H,3,13,17H2,1-2,4-5H3,(H,38,39). The highest BCUT2D eigenvalue weighted by molar-refractivity contribution is 7.98. The van der Waals surface area contributed by atoms with Crippen LogP contribution in [0.1, 0.15) is 50.9 Å². The van der Waals surface area contributed by atoms with E-state index in [1.807, 2.05) is 17.6 Å². The summed E-state index contributed by atoms with van der Waals surface area (Å²) in [5.41, 5.74) is 0.471. The van der Waals surface area contributed by atoms with Gasteiger partial charge in [-0.25, -0.2) is 18.6 Å². The third kappa shape index (κ3) is 6.25. The Morgan fingerprint density at radius 3 is 2.61 bits per heavy atom. The molecule has 1 N–H and O–H groups in total. The molecular weight excluding hydrogens is 589 g/mol. The first-order valence-electron chi connectivity index (χ1n) is 12.9. The quantitative estimate of drug-likeness (QED) is 0.255. The first-order chi connectivity index (χ1) is 19.3. The molecule has 0 bridgehead atoms. The van der Waals surface area contributed by atoms with Gasteiger partial charge in [-0.3, -0.25) is 4.57 Å². The lowest BCUT2D eigenvalue weighted by Crippen LogP contribution is -2.46. The predicted molar refractivity (Wildman–Crippen MR) is 161 cm³/mol. The number of benzene rings is 2. The van der Waals surface area contributed by atoms with Gasteiger partial charge < -0.3 is 9.84 Å². The van der Waals surface area contributed by atoms with E-state index in [1.54, 1.807) is 44.3 Å². The first kappa shape index (κ1) is 30.9. The molecule has 2 aromatic carbocycles. The van der Waals surface area contributed by atoms with Crippen LogP contribution in [0, 0.1) is 11.7 Å².